The van der Waals surface area contributed by atoms with Crippen molar-refractivity contribution in [2.75, 3.05) is 13.2 Å². The van der Waals surface area contributed by atoms with Crippen LogP contribution in [0.5, 0.6) is 5.75 Å². The van der Waals surface area contributed by atoms with Gasteiger partial charge in [0.15, 0.2) is 11.6 Å². The van der Waals surface area contributed by atoms with Crippen LogP contribution in [0.2, 0.25) is 0 Å². The van der Waals surface area contributed by atoms with E-state index in [0.29, 0.717) is 18.8 Å². The molecular weight excluding hydrogens is 204 g/mol. The first-order valence-corrected chi connectivity index (χ1v) is 4.63. The molecule has 1 saturated heterocycles. The molecule has 1 aliphatic heterocycles. The van der Waals surface area contributed by atoms with Gasteiger partial charge in [0.1, 0.15) is 11.9 Å². The maximum Gasteiger partial charge on any atom is 0.168 e. The lowest BCUT2D eigenvalue weighted by Crippen LogP contribution is -2.39. The van der Waals surface area contributed by atoms with Gasteiger partial charge in [-0.05, 0) is 6.07 Å². The molecule has 0 aromatic heterocycles. The topological polar surface area (TPSA) is 44.5 Å². The van der Waals surface area contributed by atoms with E-state index in [4.69, 9.17) is 15.2 Å². The lowest BCUT2D eigenvalue weighted by atomic mass is 10.2. The smallest absolute Gasteiger partial charge is 0.168 e. The summed E-state index contributed by atoms with van der Waals surface area (Å²) in [4.78, 5) is 0. The Labute approximate surface area is 85.8 Å². The van der Waals surface area contributed by atoms with E-state index in [9.17, 15) is 8.78 Å². The average molecular weight is 215 g/mol. The summed E-state index contributed by atoms with van der Waals surface area (Å²) in [5, 5.41) is 0. The number of halogens is 2. The first-order valence-electron chi connectivity index (χ1n) is 4.63. The second-order valence-electron chi connectivity index (χ2n) is 3.36. The first-order chi connectivity index (χ1) is 7.20. The Morgan fingerprint density at radius 3 is 2.67 bits per heavy atom. The maximum absolute atomic E-state index is 13.4. The van der Waals surface area contributed by atoms with Crippen LogP contribution in [-0.2, 0) is 11.3 Å². The monoisotopic (exact) mass is 215 g/mol. The number of hydrogen-bond acceptors (Lipinski definition) is 3. The Kier molecular flexibility index (Phi) is 2.83. The Bertz CT molecular complexity index is 367. The molecule has 3 nitrogen and oxygen atoms in total. The normalized spacial score (nSPS) is 16.2. The highest BCUT2D eigenvalue weighted by atomic mass is 19.1. The fourth-order valence-corrected chi connectivity index (χ4v) is 1.35. The van der Waals surface area contributed by atoms with E-state index in [1.807, 2.05) is 0 Å². The van der Waals surface area contributed by atoms with Crippen molar-refractivity contribution in [3.8, 4) is 5.75 Å². The van der Waals surface area contributed by atoms with Crippen LogP contribution >= 0.6 is 0 Å². The first kappa shape index (κ1) is 10.3. The van der Waals surface area contributed by atoms with Crippen LogP contribution in [0.4, 0.5) is 8.78 Å². The summed E-state index contributed by atoms with van der Waals surface area (Å²) in [7, 11) is 0. The van der Waals surface area contributed by atoms with E-state index in [1.165, 1.54) is 6.07 Å². The third kappa shape index (κ3) is 2.08. The molecule has 0 saturated carbocycles. The highest BCUT2D eigenvalue weighted by Crippen LogP contribution is 2.26. The summed E-state index contributed by atoms with van der Waals surface area (Å²) in [6.07, 6.45) is -0.157. The quantitative estimate of drug-likeness (QED) is 0.824. The molecule has 82 valence electrons. The van der Waals surface area contributed by atoms with E-state index in [-0.39, 0.29) is 18.4 Å². The third-order valence-corrected chi connectivity index (χ3v) is 2.20. The van der Waals surface area contributed by atoms with E-state index in [0.717, 1.165) is 6.07 Å². The molecule has 0 atom stereocenters. The summed E-state index contributed by atoms with van der Waals surface area (Å²) in [5.41, 5.74) is 5.71. The molecule has 0 aliphatic carbocycles. The van der Waals surface area contributed by atoms with Gasteiger partial charge >= 0.3 is 0 Å². The second kappa shape index (κ2) is 4.12. The maximum atomic E-state index is 13.4. The molecular formula is C10H11F2NO2. The highest BCUT2D eigenvalue weighted by Gasteiger charge is 2.23. The predicted molar refractivity (Wildman–Crippen MR) is 49.5 cm³/mol. The van der Waals surface area contributed by atoms with Crippen LogP contribution in [0.1, 0.15) is 5.56 Å². The molecule has 1 heterocycles. The van der Waals surface area contributed by atoms with Crippen molar-refractivity contribution in [1.82, 2.24) is 0 Å². The molecule has 1 aromatic rings. The van der Waals surface area contributed by atoms with Gasteiger partial charge in [0.25, 0.3) is 0 Å². The van der Waals surface area contributed by atoms with Crippen molar-refractivity contribution in [2.45, 2.75) is 12.6 Å². The number of hydrogen-bond donors (Lipinski definition) is 1. The zero-order valence-corrected chi connectivity index (χ0v) is 8.00. The Morgan fingerprint density at radius 2 is 2.13 bits per heavy atom. The van der Waals surface area contributed by atoms with Gasteiger partial charge < -0.3 is 15.2 Å². The van der Waals surface area contributed by atoms with E-state index >= 15 is 0 Å². The minimum Gasteiger partial charge on any atom is -0.482 e. The molecule has 0 bridgehead atoms. The van der Waals surface area contributed by atoms with Crippen LogP contribution in [0.15, 0.2) is 12.1 Å². The summed E-state index contributed by atoms with van der Waals surface area (Å²) in [6.45, 7) is 0.902. The molecule has 5 heteroatoms. The van der Waals surface area contributed by atoms with Crippen molar-refractivity contribution in [3.05, 3.63) is 29.3 Å². The van der Waals surface area contributed by atoms with Gasteiger partial charge in [-0.3, -0.25) is 0 Å². The number of benzene rings is 1. The molecule has 1 fully saturated rings. The summed E-state index contributed by atoms with van der Waals surface area (Å²) < 4.78 is 36.4. The minimum absolute atomic E-state index is 0.0344. The molecule has 2 N–H and O–H groups in total. The Morgan fingerprint density at radius 1 is 1.40 bits per heavy atom. The minimum atomic E-state index is -0.720. The standard InChI is InChI=1S/C10H11F2NO2/c11-7-1-6(3-13)10(9(12)2-7)15-8-4-14-5-8/h1-2,8H,3-5,13H2. The number of rotatable bonds is 3. The fourth-order valence-electron chi connectivity index (χ4n) is 1.35. The highest BCUT2D eigenvalue weighted by molar-refractivity contribution is 5.35. The van der Waals surface area contributed by atoms with Gasteiger partial charge in [-0.2, -0.15) is 0 Å². The van der Waals surface area contributed by atoms with Gasteiger partial charge in [-0.15, -0.1) is 0 Å². The van der Waals surface area contributed by atoms with Crippen LogP contribution in [0.3, 0.4) is 0 Å². The van der Waals surface area contributed by atoms with Crippen molar-refractivity contribution < 1.29 is 18.3 Å². The molecule has 0 amide bonds. The lowest BCUT2D eigenvalue weighted by molar-refractivity contribution is -0.0812. The zero-order valence-electron chi connectivity index (χ0n) is 8.00. The van der Waals surface area contributed by atoms with E-state index in [2.05, 4.69) is 0 Å². The summed E-state index contributed by atoms with van der Waals surface area (Å²) in [5.74, 6) is -1.33. The Balaban J connectivity index is 2.26. The van der Waals surface area contributed by atoms with Gasteiger partial charge in [0.05, 0.1) is 13.2 Å². The van der Waals surface area contributed by atoms with Gasteiger partial charge in [-0.25, -0.2) is 8.78 Å². The summed E-state index contributed by atoms with van der Waals surface area (Å²) in [6, 6.07) is 1.96. The van der Waals surface area contributed by atoms with Crippen molar-refractivity contribution in [1.29, 1.82) is 0 Å². The van der Waals surface area contributed by atoms with Gasteiger partial charge in [0.2, 0.25) is 0 Å². The SMILES string of the molecule is NCc1cc(F)cc(F)c1OC1COC1. The van der Waals surface area contributed by atoms with Crippen molar-refractivity contribution >= 4 is 0 Å². The average Bonchev–Trinajstić information content (AvgIpc) is 2.12. The number of nitrogens with two attached hydrogens (primary N) is 1. The molecule has 15 heavy (non-hydrogen) atoms. The zero-order chi connectivity index (χ0) is 10.8. The lowest BCUT2D eigenvalue weighted by Gasteiger charge is -2.27. The summed E-state index contributed by atoms with van der Waals surface area (Å²) >= 11 is 0. The van der Waals surface area contributed by atoms with Crippen molar-refractivity contribution in [2.24, 2.45) is 5.73 Å². The second-order valence-corrected chi connectivity index (χ2v) is 3.36. The number of ether oxygens (including phenoxy) is 2. The molecule has 0 unspecified atom stereocenters. The fraction of sp³-hybridized carbons (Fsp3) is 0.400. The van der Waals surface area contributed by atoms with Crippen LogP contribution in [0, 0.1) is 11.6 Å². The van der Waals surface area contributed by atoms with Crippen LogP contribution < -0.4 is 10.5 Å². The molecule has 1 aliphatic rings. The molecule has 0 spiro atoms. The van der Waals surface area contributed by atoms with Gasteiger partial charge in [0, 0.05) is 18.2 Å². The predicted octanol–water partition coefficient (Wildman–Crippen LogP) is 1.20. The van der Waals surface area contributed by atoms with Crippen LogP contribution in [-0.4, -0.2) is 19.3 Å². The molecule has 1 aromatic carbocycles. The molecule has 2 rings (SSSR count). The Hall–Kier alpha value is -1.20. The van der Waals surface area contributed by atoms with Crippen LogP contribution in [0.25, 0.3) is 0 Å². The molecule has 0 radical (unpaired) electrons. The third-order valence-electron chi connectivity index (χ3n) is 2.20. The van der Waals surface area contributed by atoms with Gasteiger partial charge in [-0.1, -0.05) is 0 Å². The van der Waals surface area contributed by atoms with E-state index < -0.39 is 11.6 Å². The van der Waals surface area contributed by atoms with E-state index in [1.54, 1.807) is 0 Å². The largest absolute Gasteiger partial charge is 0.482 e. The van der Waals surface area contributed by atoms with Crippen molar-refractivity contribution in [3.63, 3.8) is 0 Å².